The fourth-order valence-corrected chi connectivity index (χ4v) is 2.27. The molecule has 0 radical (unpaired) electrons. The van der Waals surface area contributed by atoms with Crippen LogP contribution in [0.25, 0.3) is 0 Å². The summed E-state index contributed by atoms with van der Waals surface area (Å²) in [5.74, 6) is 0. The number of aliphatic hydroxyl groups is 1. The molecule has 0 aromatic carbocycles. The smallest absolute Gasteiger partial charge is 0.0741 e. The Morgan fingerprint density at radius 1 is 1.35 bits per heavy atom. The zero-order chi connectivity index (χ0) is 12.9. The van der Waals surface area contributed by atoms with Crippen molar-refractivity contribution in [3.8, 4) is 0 Å². The lowest BCUT2D eigenvalue weighted by Crippen LogP contribution is -2.50. The lowest BCUT2D eigenvalue weighted by atomic mass is 9.99. The topological polar surface area (TPSA) is 52.7 Å². The fraction of sp³-hybridized carbons (Fsp3) is 1.00. The predicted molar refractivity (Wildman–Crippen MR) is 72.1 cm³/mol. The van der Waals surface area contributed by atoms with Gasteiger partial charge in [-0.05, 0) is 46.7 Å². The number of piperazine rings is 1. The van der Waals surface area contributed by atoms with Crippen molar-refractivity contribution >= 4 is 0 Å². The minimum atomic E-state index is -0.671. The van der Waals surface area contributed by atoms with E-state index in [0.29, 0.717) is 12.6 Å². The third kappa shape index (κ3) is 5.34. The zero-order valence-electron chi connectivity index (χ0n) is 11.7. The highest BCUT2D eigenvalue weighted by atomic mass is 16.3. The average Bonchev–Trinajstić information content (AvgIpc) is 2.29. The van der Waals surface area contributed by atoms with E-state index in [1.165, 1.54) is 19.6 Å². The van der Waals surface area contributed by atoms with E-state index >= 15 is 0 Å². The van der Waals surface area contributed by atoms with Gasteiger partial charge >= 0.3 is 0 Å². The monoisotopic (exact) mass is 243 g/mol. The van der Waals surface area contributed by atoms with E-state index in [1.807, 2.05) is 6.92 Å². The number of nitrogens with two attached hydrogens (primary N) is 1. The molecular weight excluding hydrogens is 214 g/mol. The Morgan fingerprint density at radius 3 is 2.65 bits per heavy atom. The summed E-state index contributed by atoms with van der Waals surface area (Å²) in [6.45, 7) is 9.13. The number of hydrogen-bond acceptors (Lipinski definition) is 4. The van der Waals surface area contributed by atoms with Gasteiger partial charge in [-0.2, -0.15) is 0 Å². The third-order valence-corrected chi connectivity index (χ3v) is 3.92. The Morgan fingerprint density at radius 2 is 2.06 bits per heavy atom. The molecule has 0 aromatic heterocycles. The molecule has 0 saturated carbocycles. The van der Waals surface area contributed by atoms with Crippen LogP contribution in [-0.2, 0) is 0 Å². The van der Waals surface area contributed by atoms with Crippen LogP contribution in [0.1, 0.15) is 33.1 Å². The van der Waals surface area contributed by atoms with E-state index in [2.05, 4.69) is 23.8 Å². The van der Waals surface area contributed by atoms with Gasteiger partial charge in [0.05, 0.1) is 5.60 Å². The number of likely N-dealkylation sites (N-methyl/N-ethyl adjacent to an activating group) is 1. The molecule has 1 aliphatic heterocycles. The van der Waals surface area contributed by atoms with Gasteiger partial charge in [0, 0.05) is 32.2 Å². The quantitative estimate of drug-likeness (QED) is 0.667. The Labute approximate surface area is 106 Å². The van der Waals surface area contributed by atoms with E-state index in [9.17, 15) is 5.11 Å². The Hall–Kier alpha value is -0.160. The molecule has 4 heteroatoms. The van der Waals surface area contributed by atoms with Crippen LogP contribution in [0.4, 0.5) is 0 Å². The summed E-state index contributed by atoms with van der Waals surface area (Å²) in [5.41, 5.74) is 4.83. The summed E-state index contributed by atoms with van der Waals surface area (Å²) in [7, 11) is 2.19. The summed E-state index contributed by atoms with van der Waals surface area (Å²) in [6.07, 6.45) is 3.03. The molecule has 0 aliphatic carbocycles. The summed E-state index contributed by atoms with van der Waals surface area (Å²) >= 11 is 0. The van der Waals surface area contributed by atoms with Gasteiger partial charge in [0.1, 0.15) is 0 Å². The highest BCUT2D eigenvalue weighted by molar-refractivity contribution is 4.77. The van der Waals surface area contributed by atoms with Crippen molar-refractivity contribution in [1.29, 1.82) is 0 Å². The second-order valence-electron chi connectivity index (χ2n) is 5.79. The van der Waals surface area contributed by atoms with Gasteiger partial charge in [-0.3, -0.25) is 0 Å². The maximum absolute atomic E-state index is 9.79. The first-order valence-electron chi connectivity index (χ1n) is 6.79. The number of unbranched alkanes of at least 4 members (excludes halogenated alkanes) is 1. The number of hydrogen-bond donors (Lipinski definition) is 2. The molecule has 1 fully saturated rings. The summed E-state index contributed by atoms with van der Waals surface area (Å²) in [4.78, 5) is 4.94. The van der Waals surface area contributed by atoms with Crippen LogP contribution in [0.3, 0.4) is 0 Å². The normalized spacial score (nSPS) is 27.0. The van der Waals surface area contributed by atoms with Gasteiger partial charge in [-0.15, -0.1) is 0 Å². The van der Waals surface area contributed by atoms with Crippen molar-refractivity contribution in [2.45, 2.75) is 44.8 Å². The molecule has 2 atom stereocenters. The van der Waals surface area contributed by atoms with E-state index in [4.69, 9.17) is 5.73 Å². The van der Waals surface area contributed by atoms with Crippen molar-refractivity contribution in [2.75, 3.05) is 39.8 Å². The molecule has 17 heavy (non-hydrogen) atoms. The molecule has 0 aromatic rings. The molecule has 1 heterocycles. The first kappa shape index (κ1) is 14.9. The lowest BCUT2D eigenvalue weighted by Gasteiger charge is -2.37. The first-order valence-corrected chi connectivity index (χ1v) is 6.79. The number of nitrogens with zero attached hydrogens (tertiary/aromatic N) is 2. The number of rotatable bonds is 6. The van der Waals surface area contributed by atoms with Crippen molar-refractivity contribution < 1.29 is 5.11 Å². The van der Waals surface area contributed by atoms with Crippen LogP contribution in [0.2, 0.25) is 0 Å². The Bertz CT molecular complexity index is 221. The van der Waals surface area contributed by atoms with E-state index in [-0.39, 0.29) is 0 Å². The molecule has 1 rings (SSSR count). The SMILES string of the molecule is CC1CN(CCCCC(C)(O)CN)CCN1C. The van der Waals surface area contributed by atoms with Crippen LogP contribution in [0.5, 0.6) is 0 Å². The maximum atomic E-state index is 9.79. The molecule has 4 nitrogen and oxygen atoms in total. The molecule has 1 saturated heterocycles. The molecule has 3 N–H and O–H groups in total. The molecule has 0 bridgehead atoms. The van der Waals surface area contributed by atoms with Gasteiger partial charge in [0.25, 0.3) is 0 Å². The van der Waals surface area contributed by atoms with Crippen LogP contribution >= 0.6 is 0 Å². The second kappa shape index (κ2) is 6.69. The van der Waals surface area contributed by atoms with Gasteiger partial charge in [-0.1, -0.05) is 0 Å². The van der Waals surface area contributed by atoms with Crippen LogP contribution in [0.15, 0.2) is 0 Å². The maximum Gasteiger partial charge on any atom is 0.0741 e. The standard InChI is InChI=1S/C13H29N3O/c1-12-10-16(9-8-15(12)3)7-5-4-6-13(2,17)11-14/h12,17H,4-11,14H2,1-3H3. The highest BCUT2D eigenvalue weighted by Gasteiger charge is 2.21. The van der Waals surface area contributed by atoms with E-state index < -0.39 is 5.60 Å². The largest absolute Gasteiger partial charge is 0.389 e. The predicted octanol–water partition coefficient (Wildman–Crippen LogP) is 0.502. The minimum Gasteiger partial charge on any atom is -0.389 e. The summed E-state index contributed by atoms with van der Waals surface area (Å²) in [6, 6.07) is 0.663. The van der Waals surface area contributed by atoms with E-state index in [0.717, 1.165) is 25.8 Å². The molecular formula is C13H29N3O. The molecule has 1 aliphatic rings. The Kier molecular flexibility index (Phi) is 5.86. The van der Waals surface area contributed by atoms with Crippen molar-refractivity contribution in [2.24, 2.45) is 5.73 Å². The molecule has 102 valence electrons. The molecule has 0 amide bonds. The van der Waals surface area contributed by atoms with Gasteiger partial charge in [-0.25, -0.2) is 0 Å². The zero-order valence-corrected chi connectivity index (χ0v) is 11.7. The van der Waals surface area contributed by atoms with Crippen LogP contribution in [0, 0.1) is 0 Å². The molecule has 2 unspecified atom stereocenters. The average molecular weight is 243 g/mol. The van der Waals surface area contributed by atoms with Crippen LogP contribution < -0.4 is 5.73 Å². The van der Waals surface area contributed by atoms with Crippen molar-refractivity contribution in [3.05, 3.63) is 0 Å². The van der Waals surface area contributed by atoms with Crippen molar-refractivity contribution in [1.82, 2.24) is 9.80 Å². The first-order chi connectivity index (χ1) is 7.94. The third-order valence-electron chi connectivity index (χ3n) is 3.92. The van der Waals surface area contributed by atoms with Crippen LogP contribution in [-0.4, -0.2) is 66.3 Å². The van der Waals surface area contributed by atoms with E-state index in [1.54, 1.807) is 0 Å². The minimum absolute atomic E-state index is 0.360. The molecule has 0 spiro atoms. The van der Waals surface area contributed by atoms with Gasteiger partial charge in [0.2, 0.25) is 0 Å². The van der Waals surface area contributed by atoms with Gasteiger partial charge < -0.3 is 20.6 Å². The summed E-state index contributed by atoms with van der Waals surface area (Å²) in [5, 5.41) is 9.79. The highest BCUT2D eigenvalue weighted by Crippen LogP contribution is 2.13. The van der Waals surface area contributed by atoms with Gasteiger partial charge in [0.15, 0.2) is 0 Å². The Balaban J connectivity index is 2.11. The fourth-order valence-electron chi connectivity index (χ4n) is 2.27. The summed E-state index contributed by atoms with van der Waals surface area (Å²) < 4.78 is 0. The lowest BCUT2D eigenvalue weighted by molar-refractivity contribution is 0.0544. The van der Waals surface area contributed by atoms with Crippen molar-refractivity contribution in [3.63, 3.8) is 0 Å². The second-order valence-corrected chi connectivity index (χ2v) is 5.79.